The highest BCUT2D eigenvalue weighted by Gasteiger charge is 2.42. The van der Waals surface area contributed by atoms with Crippen molar-refractivity contribution in [3.05, 3.63) is 41.0 Å². The topological polar surface area (TPSA) is 107 Å². The number of methoxy groups -OCH3 is 2. The first-order valence-corrected chi connectivity index (χ1v) is 11.5. The number of amides is 1. The average molecular weight is 482 g/mol. The third-order valence-electron chi connectivity index (χ3n) is 6.86. The second kappa shape index (κ2) is 8.79. The molecule has 1 spiro atoms. The zero-order valence-corrected chi connectivity index (χ0v) is 20.3. The molecule has 10 nitrogen and oxygen atoms in total. The third-order valence-corrected chi connectivity index (χ3v) is 6.86. The Morgan fingerprint density at radius 3 is 2.80 bits per heavy atom. The lowest BCUT2D eigenvalue weighted by Gasteiger charge is -2.36. The maximum absolute atomic E-state index is 14.2. The van der Waals surface area contributed by atoms with Crippen LogP contribution in [0.1, 0.15) is 29.7 Å². The van der Waals surface area contributed by atoms with Crippen LogP contribution in [0.15, 0.2) is 18.3 Å². The van der Waals surface area contributed by atoms with Crippen molar-refractivity contribution in [2.24, 2.45) is 7.05 Å². The molecule has 0 unspecified atom stereocenters. The fraction of sp³-hybridized carbons (Fsp3) is 0.458. The molecule has 1 N–H and O–H groups in total. The van der Waals surface area contributed by atoms with Crippen molar-refractivity contribution in [1.82, 2.24) is 29.6 Å². The third kappa shape index (κ3) is 4.26. The number of nitrogens with one attached hydrogen (secondary N) is 1. The fourth-order valence-corrected chi connectivity index (χ4v) is 4.89. The van der Waals surface area contributed by atoms with Gasteiger partial charge in [0, 0.05) is 37.3 Å². The molecule has 0 aliphatic carbocycles. The van der Waals surface area contributed by atoms with E-state index < -0.39 is 5.82 Å². The van der Waals surface area contributed by atoms with Crippen molar-refractivity contribution in [3.8, 4) is 23.3 Å². The van der Waals surface area contributed by atoms with Gasteiger partial charge < -0.3 is 19.7 Å². The summed E-state index contributed by atoms with van der Waals surface area (Å²) < 4.78 is 26.1. The molecule has 0 aromatic carbocycles. The number of likely N-dealkylation sites (tertiary alicyclic amines) is 1. The number of anilines is 1. The quantitative estimate of drug-likeness (QED) is 0.592. The number of fused-ring (bicyclic) bond motifs is 1. The van der Waals surface area contributed by atoms with Gasteiger partial charge in [0.1, 0.15) is 11.6 Å². The Hall–Kier alpha value is -3.76. The molecule has 5 heterocycles. The van der Waals surface area contributed by atoms with Gasteiger partial charge in [0.25, 0.3) is 0 Å². The highest BCUT2D eigenvalue weighted by molar-refractivity contribution is 5.79. The van der Waals surface area contributed by atoms with Crippen molar-refractivity contribution in [2.75, 3.05) is 32.6 Å². The predicted molar refractivity (Wildman–Crippen MR) is 126 cm³/mol. The predicted octanol–water partition coefficient (Wildman–Crippen LogP) is 2.31. The smallest absolute Gasteiger partial charge is 0.314 e. The van der Waals surface area contributed by atoms with E-state index in [1.54, 1.807) is 23.7 Å². The molecule has 1 amide bonds. The monoisotopic (exact) mass is 481 g/mol. The first-order chi connectivity index (χ1) is 16.8. The second-order valence-corrected chi connectivity index (χ2v) is 9.14. The van der Waals surface area contributed by atoms with Crippen molar-refractivity contribution in [1.29, 1.82) is 0 Å². The summed E-state index contributed by atoms with van der Waals surface area (Å²) in [6, 6.07) is 4.00. The van der Waals surface area contributed by atoms with E-state index in [2.05, 4.69) is 26.4 Å². The molecule has 1 saturated heterocycles. The van der Waals surface area contributed by atoms with E-state index in [1.165, 1.54) is 13.2 Å². The highest BCUT2D eigenvalue weighted by Crippen LogP contribution is 2.38. The highest BCUT2D eigenvalue weighted by atomic mass is 19.1. The molecule has 35 heavy (non-hydrogen) atoms. The molecule has 0 saturated carbocycles. The number of halogens is 1. The van der Waals surface area contributed by atoms with E-state index in [0.29, 0.717) is 24.9 Å². The largest absolute Gasteiger partial charge is 0.481 e. The molecule has 1 atom stereocenters. The Bertz CT molecular complexity index is 1290. The summed E-state index contributed by atoms with van der Waals surface area (Å²) in [6.45, 7) is 3.10. The van der Waals surface area contributed by atoms with Gasteiger partial charge in [-0.25, -0.2) is 19.0 Å². The van der Waals surface area contributed by atoms with Gasteiger partial charge in [0.15, 0.2) is 5.82 Å². The summed E-state index contributed by atoms with van der Waals surface area (Å²) in [5, 5.41) is 8.07. The Morgan fingerprint density at radius 1 is 1.23 bits per heavy atom. The standard InChI is InChI=1S/C24H28FN7O3/c1-14-17(22-28-23(35-4)31(2)30-22)9-15-5-6-24(29-21(15)27-14)7-8-32(13-24)20(33)11-16-10-19(34-3)26-12-18(16)25/h9-10,12H,5-8,11,13H2,1-4H3,(H,27,29)/t24-/m0/s1. The average Bonchev–Trinajstić information content (AvgIpc) is 3.43. The van der Waals surface area contributed by atoms with Crippen LogP contribution in [0.25, 0.3) is 11.4 Å². The van der Waals surface area contributed by atoms with Crippen molar-refractivity contribution in [2.45, 2.75) is 38.1 Å². The van der Waals surface area contributed by atoms with Gasteiger partial charge in [0.2, 0.25) is 11.8 Å². The molecule has 3 aromatic heterocycles. The number of rotatable bonds is 5. The maximum Gasteiger partial charge on any atom is 0.314 e. The van der Waals surface area contributed by atoms with Gasteiger partial charge in [-0.15, -0.1) is 5.10 Å². The van der Waals surface area contributed by atoms with Crippen LogP contribution in [-0.2, 0) is 24.7 Å². The minimum absolute atomic E-state index is 0.0291. The molecule has 2 aliphatic heterocycles. The first kappa shape index (κ1) is 23.0. The number of pyridine rings is 2. The number of carbonyl (C=O) groups is 1. The maximum atomic E-state index is 14.2. The Labute approximate surface area is 202 Å². The zero-order valence-electron chi connectivity index (χ0n) is 20.3. The van der Waals surface area contributed by atoms with Crippen LogP contribution in [0.5, 0.6) is 11.9 Å². The van der Waals surface area contributed by atoms with Crippen LogP contribution < -0.4 is 14.8 Å². The van der Waals surface area contributed by atoms with E-state index >= 15 is 0 Å². The molecule has 3 aromatic rings. The Morgan fingerprint density at radius 2 is 2.06 bits per heavy atom. The van der Waals surface area contributed by atoms with Crippen LogP contribution >= 0.6 is 0 Å². The molecule has 2 aliphatic rings. The van der Waals surface area contributed by atoms with Crippen molar-refractivity contribution < 1.29 is 18.7 Å². The van der Waals surface area contributed by atoms with E-state index in [9.17, 15) is 9.18 Å². The number of hydrogen-bond donors (Lipinski definition) is 1. The van der Waals surface area contributed by atoms with Crippen LogP contribution in [0.3, 0.4) is 0 Å². The fourth-order valence-electron chi connectivity index (χ4n) is 4.89. The zero-order chi connectivity index (χ0) is 24.7. The molecule has 1 fully saturated rings. The summed E-state index contributed by atoms with van der Waals surface area (Å²) in [7, 11) is 4.81. The molecule has 11 heteroatoms. The lowest BCUT2D eigenvalue weighted by Crippen LogP contribution is -2.45. The van der Waals surface area contributed by atoms with Gasteiger partial charge in [-0.2, -0.15) is 4.98 Å². The molecule has 0 bridgehead atoms. The first-order valence-electron chi connectivity index (χ1n) is 11.5. The number of ether oxygens (including phenoxy) is 2. The number of hydrogen-bond acceptors (Lipinski definition) is 8. The molecular weight excluding hydrogens is 453 g/mol. The summed E-state index contributed by atoms with van der Waals surface area (Å²) in [6.07, 6.45) is 3.56. The van der Waals surface area contributed by atoms with E-state index in [1.807, 2.05) is 6.92 Å². The molecule has 0 radical (unpaired) electrons. The van der Waals surface area contributed by atoms with Gasteiger partial charge >= 0.3 is 6.01 Å². The molecular formula is C24H28FN7O3. The van der Waals surface area contributed by atoms with Crippen LogP contribution in [0.4, 0.5) is 10.2 Å². The van der Waals surface area contributed by atoms with Gasteiger partial charge in [-0.1, -0.05) is 0 Å². The Kier molecular flexibility index (Phi) is 5.78. The van der Waals surface area contributed by atoms with Gasteiger partial charge in [0.05, 0.1) is 38.1 Å². The van der Waals surface area contributed by atoms with Crippen LogP contribution in [0, 0.1) is 12.7 Å². The minimum Gasteiger partial charge on any atom is -0.481 e. The summed E-state index contributed by atoms with van der Waals surface area (Å²) >= 11 is 0. The summed E-state index contributed by atoms with van der Waals surface area (Å²) in [5.41, 5.74) is 2.82. The lowest BCUT2D eigenvalue weighted by molar-refractivity contribution is -0.129. The number of carbonyl (C=O) groups excluding carboxylic acids is 1. The number of aromatic nitrogens is 5. The lowest BCUT2D eigenvalue weighted by atomic mass is 9.86. The Balaban J connectivity index is 1.31. The number of aryl methyl sites for hydroxylation is 3. The SMILES string of the molecule is COc1cc(CC(=O)N2CC[C@@]3(CCc4cc(-c5nc(OC)n(C)n5)c(C)nc4N3)C2)c(F)cn1. The summed E-state index contributed by atoms with van der Waals surface area (Å²) in [4.78, 5) is 27.9. The van der Waals surface area contributed by atoms with Crippen molar-refractivity contribution >= 4 is 11.7 Å². The van der Waals surface area contributed by atoms with Crippen LogP contribution in [-0.4, -0.2) is 68.4 Å². The summed E-state index contributed by atoms with van der Waals surface area (Å²) in [5.74, 6) is 1.08. The van der Waals surface area contributed by atoms with Gasteiger partial charge in [-0.3, -0.25) is 4.79 Å². The van der Waals surface area contributed by atoms with E-state index in [4.69, 9.17) is 14.5 Å². The van der Waals surface area contributed by atoms with Crippen LogP contribution in [0.2, 0.25) is 0 Å². The molecule has 184 valence electrons. The number of nitrogens with zero attached hydrogens (tertiary/aromatic N) is 6. The van der Waals surface area contributed by atoms with E-state index in [-0.39, 0.29) is 29.3 Å². The van der Waals surface area contributed by atoms with Crippen molar-refractivity contribution in [3.63, 3.8) is 0 Å². The minimum atomic E-state index is -0.506. The van der Waals surface area contributed by atoms with E-state index in [0.717, 1.165) is 48.1 Å². The second-order valence-electron chi connectivity index (χ2n) is 9.14. The van der Waals surface area contributed by atoms with Gasteiger partial charge in [-0.05, 0) is 37.8 Å². The molecule has 5 rings (SSSR count). The normalized spacial score (nSPS) is 18.9.